The second kappa shape index (κ2) is 11.5. The molecule has 0 saturated heterocycles. The first kappa shape index (κ1) is 26.3. The van der Waals surface area contributed by atoms with Gasteiger partial charge in [-0.25, -0.2) is 4.79 Å². The van der Waals surface area contributed by atoms with E-state index in [1.807, 2.05) is 6.08 Å². The van der Waals surface area contributed by atoms with Crippen LogP contribution in [0.15, 0.2) is 30.3 Å². The number of methoxy groups -OCH3 is 2. The molecule has 0 fully saturated rings. The van der Waals surface area contributed by atoms with Gasteiger partial charge in [0.25, 0.3) is 0 Å². The van der Waals surface area contributed by atoms with Crippen LogP contribution in [-0.2, 0) is 14.3 Å². The van der Waals surface area contributed by atoms with Crippen molar-refractivity contribution in [1.29, 1.82) is 0 Å². The molecule has 2 aromatic rings. The van der Waals surface area contributed by atoms with Gasteiger partial charge in [-0.2, -0.15) is 0 Å². The van der Waals surface area contributed by atoms with Gasteiger partial charge in [0, 0.05) is 36.0 Å². The lowest BCUT2D eigenvalue weighted by molar-refractivity contribution is -0.135. The van der Waals surface area contributed by atoms with Crippen molar-refractivity contribution in [2.24, 2.45) is 0 Å². The molecular formula is C29H32O8. The van der Waals surface area contributed by atoms with Gasteiger partial charge in [-0.15, -0.1) is 0 Å². The van der Waals surface area contributed by atoms with Crippen LogP contribution in [0.1, 0.15) is 84.8 Å². The van der Waals surface area contributed by atoms with Crippen LogP contribution in [0.3, 0.4) is 0 Å². The number of esters is 2. The first-order chi connectivity index (χ1) is 17.8. The van der Waals surface area contributed by atoms with E-state index in [9.17, 15) is 19.5 Å². The smallest absolute Gasteiger partial charge is 0.342 e. The molecule has 0 aromatic heterocycles. The quantitative estimate of drug-likeness (QED) is 0.438. The van der Waals surface area contributed by atoms with E-state index in [-0.39, 0.29) is 29.3 Å². The topological polar surface area (TPSA) is 108 Å². The number of hydrogen-bond acceptors (Lipinski definition) is 8. The Bertz CT molecular complexity index is 1230. The minimum absolute atomic E-state index is 0.0189. The summed E-state index contributed by atoms with van der Waals surface area (Å²) in [5.41, 5.74) is 1.38. The van der Waals surface area contributed by atoms with Crippen molar-refractivity contribution < 1.29 is 38.4 Å². The molecule has 0 amide bonds. The highest BCUT2D eigenvalue weighted by Gasteiger charge is 2.36. The van der Waals surface area contributed by atoms with E-state index in [1.54, 1.807) is 44.4 Å². The molecule has 8 heteroatoms. The number of carbonyl (C=O) groups is 3. The molecule has 0 spiro atoms. The zero-order valence-electron chi connectivity index (χ0n) is 21.4. The maximum Gasteiger partial charge on any atom is 0.342 e. The Hall–Kier alpha value is -3.81. The Balaban J connectivity index is 1.84. The van der Waals surface area contributed by atoms with Gasteiger partial charge < -0.3 is 24.1 Å². The van der Waals surface area contributed by atoms with Gasteiger partial charge >= 0.3 is 11.9 Å². The van der Waals surface area contributed by atoms with Crippen molar-refractivity contribution in [2.45, 2.75) is 63.9 Å². The summed E-state index contributed by atoms with van der Waals surface area (Å²) < 4.78 is 22.1. The standard InChI is InChI=1S/C29H32O8/c1-17-8-7-11-19(30)10-6-4-5-9-18-14-24-27(28(32)26(18)29(33)36-17)22(16-25(31)37-24)21-13-12-20(34-2)15-23(21)35-3/h5,9,12-15,17,22,32H,4,6-8,10-11,16H2,1-3H3. The molecule has 0 bridgehead atoms. The number of rotatable bonds is 3. The number of phenolic OH excluding ortho intramolecular Hbond substituents is 1. The summed E-state index contributed by atoms with van der Waals surface area (Å²) in [4.78, 5) is 38.0. The fraction of sp³-hybridized carbons (Fsp3) is 0.414. The molecule has 2 aliphatic heterocycles. The lowest BCUT2D eigenvalue weighted by atomic mass is 9.83. The number of aromatic hydroxyl groups is 1. The number of hydrogen-bond donors (Lipinski definition) is 1. The van der Waals surface area contributed by atoms with Gasteiger partial charge in [-0.1, -0.05) is 18.2 Å². The molecule has 37 heavy (non-hydrogen) atoms. The van der Waals surface area contributed by atoms with Gasteiger partial charge in [0.15, 0.2) is 0 Å². The summed E-state index contributed by atoms with van der Waals surface area (Å²) in [6.07, 6.45) is 6.48. The van der Waals surface area contributed by atoms with Crippen LogP contribution in [0.25, 0.3) is 6.08 Å². The monoisotopic (exact) mass is 508 g/mol. The summed E-state index contributed by atoms with van der Waals surface area (Å²) in [7, 11) is 3.06. The van der Waals surface area contributed by atoms with Crippen molar-refractivity contribution >= 4 is 23.8 Å². The van der Waals surface area contributed by atoms with E-state index in [4.69, 9.17) is 18.9 Å². The molecule has 2 atom stereocenters. The molecular weight excluding hydrogens is 476 g/mol. The lowest BCUT2D eigenvalue weighted by Gasteiger charge is -2.28. The van der Waals surface area contributed by atoms with Gasteiger partial charge in [-0.3, -0.25) is 9.59 Å². The van der Waals surface area contributed by atoms with Crippen LogP contribution in [0.5, 0.6) is 23.0 Å². The fourth-order valence-corrected chi connectivity index (χ4v) is 4.89. The third-order valence-electron chi connectivity index (χ3n) is 6.79. The number of phenols is 1. The Morgan fingerprint density at radius 1 is 1.03 bits per heavy atom. The Kier molecular flexibility index (Phi) is 8.16. The molecule has 2 aromatic carbocycles. The van der Waals surface area contributed by atoms with Crippen molar-refractivity contribution in [3.05, 3.63) is 52.6 Å². The first-order valence-corrected chi connectivity index (χ1v) is 12.5. The van der Waals surface area contributed by atoms with Crippen LogP contribution in [0, 0.1) is 0 Å². The second-order valence-electron chi connectivity index (χ2n) is 9.38. The highest BCUT2D eigenvalue weighted by atomic mass is 16.5. The SMILES string of the molecule is COc1ccc(C2CC(=O)Oc3cc4c(c(O)c32)C(=O)OC(C)CCCC(=O)CCCC=C4)c(OC)c1. The molecule has 2 aliphatic rings. The molecule has 2 unspecified atom stereocenters. The normalized spacial score (nSPS) is 20.7. The van der Waals surface area contributed by atoms with E-state index in [0.29, 0.717) is 66.7 Å². The molecule has 8 nitrogen and oxygen atoms in total. The fourth-order valence-electron chi connectivity index (χ4n) is 4.89. The van der Waals surface area contributed by atoms with Crippen LogP contribution in [-0.4, -0.2) is 43.2 Å². The average Bonchev–Trinajstić information content (AvgIpc) is 2.86. The Labute approximate surface area is 216 Å². The maximum atomic E-state index is 13.3. The summed E-state index contributed by atoms with van der Waals surface area (Å²) in [5, 5.41) is 11.5. The summed E-state index contributed by atoms with van der Waals surface area (Å²) in [5.74, 6) is -0.600. The van der Waals surface area contributed by atoms with Crippen LogP contribution in [0.2, 0.25) is 0 Å². The number of Topliss-reactive ketones (excluding diaryl/α,β-unsaturated/α-hetero) is 1. The third kappa shape index (κ3) is 5.79. The second-order valence-corrected chi connectivity index (χ2v) is 9.38. The van der Waals surface area contributed by atoms with Gasteiger partial charge in [0.2, 0.25) is 0 Å². The zero-order chi connectivity index (χ0) is 26.5. The minimum Gasteiger partial charge on any atom is -0.507 e. The van der Waals surface area contributed by atoms with Crippen LogP contribution in [0.4, 0.5) is 0 Å². The largest absolute Gasteiger partial charge is 0.507 e. The van der Waals surface area contributed by atoms with Gasteiger partial charge in [0.1, 0.15) is 34.3 Å². The number of benzene rings is 2. The number of carbonyl (C=O) groups excluding carboxylic acids is 3. The van der Waals surface area contributed by atoms with E-state index in [0.717, 1.165) is 0 Å². The molecule has 2 heterocycles. The highest BCUT2D eigenvalue weighted by molar-refractivity contribution is 5.98. The molecule has 4 rings (SSSR count). The summed E-state index contributed by atoms with van der Waals surface area (Å²) in [6.45, 7) is 1.77. The Morgan fingerprint density at radius 3 is 2.57 bits per heavy atom. The zero-order valence-corrected chi connectivity index (χ0v) is 21.4. The number of allylic oxidation sites excluding steroid dienone is 1. The number of cyclic esters (lactones) is 1. The van der Waals surface area contributed by atoms with Crippen LogP contribution >= 0.6 is 0 Å². The number of fused-ring (bicyclic) bond motifs is 2. The van der Waals surface area contributed by atoms with Crippen molar-refractivity contribution in [2.75, 3.05) is 14.2 Å². The summed E-state index contributed by atoms with van der Waals surface area (Å²) in [6, 6.07) is 6.81. The molecule has 196 valence electrons. The number of ketones is 1. The van der Waals surface area contributed by atoms with Crippen molar-refractivity contribution in [3.63, 3.8) is 0 Å². The predicted octanol–water partition coefficient (Wildman–Crippen LogP) is 5.33. The van der Waals surface area contributed by atoms with Gasteiger partial charge in [-0.05, 0) is 50.3 Å². The molecule has 1 N–H and O–H groups in total. The lowest BCUT2D eigenvalue weighted by Crippen LogP contribution is -2.23. The maximum absolute atomic E-state index is 13.3. The van der Waals surface area contributed by atoms with Gasteiger partial charge in [0.05, 0.1) is 26.7 Å². The third-order valence-corrected chi connectivity index (χ3v) is 6.79. The van der Waals surface area contributed by atoms with E-state index < -0.39 is 24.0 Å². The van der Waals surface area contributed by atoms with Crippen molar-refractivity contribution in [3.8, 4) is 23.0 Å². The molecule has 0 aliphatic carbocycles. The molecule has 0 radical (unpaired) electrons. The highest BCUT2D eigenvalue weighted by Crippen LogP contribution is 2.49. The van der Waals surface area contributed by atoms with Crippen LogP contribution < -0.4 is 14.2 Å². The Morgan fingerprint density at radius 2 is 1.81 bits per heavy atom. The van der Waals surface area contributed by atoms with E-state index in [1.165, 1.54) is 7.11 Å². The van der Waals surface area contributed by atoms with E-state index >= 15 is 0 Å². The number of ether oxygens (including phenoxy) is 4. The van der Waals surface area contributed by atoms with E-state index in [2.05, 4.69) is 0 Å². The minimum atomic E-state index is -0.673. The summed E-state index contributed by atoms with van der Waals surface area (Å²) >= 11 is 0. The van der Waals surface area contributed by atoms with Crippen molar-refractivity contribution in [1.82, 2.24) is 0 Å². The first-order valence-electron chi connectivity index (χ1n) is 12.5. The average molecular weight is 509 g/mol. The predicted molar refractivity (Wildman–Crippen MR) is 136 cm³/mol. The molecule has 0 saturated carbocycles.